The van der Waals surface area contributed by atoms with Crippen molar-refractivity contribution in [2.75, 3.05) is 26.2 Å². The third-order valence-electron chi connectivity index (χ3n) is 5.33. The second-order valence-electron chi connectivity index (χ2n) is 7.30. The van der Waals surface area contributed by atoms with Crippen LogP contribution in [-0.4, -0.2) is 57.5 Å². The Morgan fingerprint density at radius 1 is 1.25 bits per heavy atom. The molecule has 4 rings (SSSR count). The average molecular weight is 332 g/mol. The van der Waals surface area contributed by atoms with Gasteiger partial charge in [-0.15, -0.1) is 0 Å². The summed E-state index contributed by atoms with van der Waals surface area (Å²) in [6, 6.07) is 2.32. The summed E-state index contributed by atoms with van der Waals surface area (Å²) in [5.74, 6) is 0.606. The minimum atomic E-state index is -0.328. The van der Waals surface area contributed by atoms with E-state index >= 15 is 0 Å². The normalized spacial score (nSPS) is 24.2. The molecule has 3 saturated heterocycles. The van der Waals surface area contributed by atoms with Crippen molar-refractivity contribution in [1.29, 1.82) is 0 Å². The number of rotatable bonds is 4. The summed E-state index contributed by atoms with van der Waals surface area (Å²) in [7, 11) is 0. The highest BCUT2D eigenvalue weighted by Crippen LogP contribution is 2.28. The fourth-order valence-corrected chi connectivity index (χ4v) is 4.15. The first-order valence-corrected chi connectivity index (χ1v) is 9.04. The van der Waals surface area contributed by atoms with Gasteiger partial charge in [0, 0.05) is 37.1 Å². The topological polar surface area (TPSA) is 58.4 Å². The van der Waals surface area contributed by atoms with Gasteiger partial charge in [0.25, 0.3) is 0 Å². The summed E-state index contributed by atoms with van der Waals surface area (Å²) in [5, 5.41) is 0. The van der Waals surface area contributed by atoms with Crippen molar-refractivity contribution in [3.63, 3.8) is 0 Å². The lowest BCUT2D eigenvalue weighted by atomic mass is 9.95. The van der Waals surface area contributed by atoms with Crippen molar-refractivity contribution in [2.24, 2.45) is 5.92 Å². The number of hydrogen-bond acceptors (Lipinski definition) is 4. The van der Waals surface area contributed by atoms with Gasteiger partial charge in [-0.05, 0) is 51.6 Å². The standard InChI is InChI=1S/C18H28N4O2/c1-4-7-20-9-15-5-6-16(20)11-21(10-15)17(23)12-22-14(3)8-13(2)19-18(22)24/h8,15-16H,4-7,9-12H2,1-3H3/t15-,16-/m0/s1. The van der Waals surface area contributed by atoms with Crippen molar-refractivity contribution >= 4 is 5.91 Å². The van der Waals surface area contributed by atoms with E-state index in [2.05, 4.69) is 16.8 Å². The number of aryl methyl sites for hydroxylation is 2. The van der Waals surface area contributed by atoms with Gasteiger partial charge in [-0.3, -0.25) is 14.3 Å². The third-order valence-corrected chi connectivity index (χ3v) is 5.33. The Morgan fingerprint density at radius 3 is 2.75 bits per heavy atom. The molecule has 24 heavy (non-hydrogen) atoms. The van der Waals surface area contributed by atoms with Gasteiger partial charge in [0.15, 0.2) is 0 Å². The summed E-state index contributed by atoms with van der Waals surface area (Å²) in [5.41, 5.74) is 1.17. The van der Waals surface area contributed by atoms with Gasteiger partial charge >= 0.3 is 5.69 Å². The molecule has 2 bridgehead atoms. The second-order valence-corrected chi connectivity index (χ2v) is 7.30. The first kappa shape index (κ1) is 17.1. The van der Waals surface area contributed by atoms with Crippen molar-refractivity contribution in [2.45, 2.75) is 52.6 Å². The van der Waals surface area contributed by atoms with Gasteiger partial charge in [-0.1, -0.05) is 6.92 Å². The van der Waals surface area contributed by atoms with E-state index in [1.54, 1.807) is 6.92 Å². The minimum Gasteiger partial charge on any atom is -0.339 e. The summed E-state index contributed by atoms with van der Waals surface area (Å²) < 4.78 is 1.49. The third kappa shape index (κ3) is 3.53. The van der Waals surface area contributed by atoms with E-state index in [9.17, 15) is 9.59 Å². The fraction of sp³-hybridized carbons (Fsp3) is 0.722. The molecule has 3 aliphatic heterocycles. The van der Waals surface area contributed by atoms with E-state index in [4.69, 9.17) is 0 Å². The molecule has 0 saturated carbocycles. The molecule has 2 atom stereocenters. The molecular formula is C18H28N4O2. The predicted molar refractivity (Wildman–Crippen MR) is 92.9 cm³/mol. The van der Waals surface area contributed by atoms with Crippen molar-refractivity contribution in [1.82, 2.24) is 19.4 Å². The molecule has 6 heteroatoms. The Bertz CT molecular complexity index is 669. The largest absolute Gasteiger partial charge is 0.348 e. The fourth-order valence-electron chi connectivity index (χ4n) is 4.15. The number of carbonyl (C=O) groups excluding carboxylic acids is 1. The van der Waals surface area contributed by atoms with E-state index in [1.807, 2.05) is 17.9 Å². The molecule has 3 fully saturated rings. The van der Waals surface area contributed by atoms with Gasteiger partial charge in [0.2, 0.25) is 5.91 Å². The molecule has 6 nitrogen and oxygen atoms in total. The van der Waals surface area contributed by atoms with Crippen LogP contribution in [0.3, 0.4) is 0 Å². The lowest BCUT2D eigenvalue weighted by Gasteiger charge is -2.35. The summed E-state index contributed by atoms with van der Waals surface area (Å²) >= 11 is 0. The van der Waals surface area contributed by atoms with Crippen LogP contribution < -0.4 is 5.69 Å². The van der Waals surface area contributed by atoms with Gasteiger partial charge in [-0.25, -0.2) is 4.79 Å². The Morgan fingerprint density at radius 2 is 2.04 bits per heavy atom. The molecule has 0 N–H and O–H groups in total. The molecule has 1 aromatic rings. The second kappa shape index (κ2) is 7.05. The monoisotopic (exact) mass is 332 g/mol. The number of carbonyl (C=O) groups is 1. The molecule has 0 aromatic carbocycles. The maximum atomic E-state index is 12.8. The Balaban J connectivity index is 1.73. The van der Waals surface area contributed by atoms with Crippen molar-refractivity contribution in [3.8, 4) is 0 Å². The zero-order valence-electron chi connectivity index (χ0n) is 15.0. The number of hydrogen-bond donors (Lipinski definition) is 0. The van der Waals surface area contributed by atoms with Gasteiger partial charge < -0.3 is 4.90 Å². The van der Waals surface area contributed by atoms with Crippen LogP contribution in [0.15, 0.2) is 10.9 Å². The molecule has 0 radical (unpaired) electrons. The van der Waals surface area contributed by atoms with Crippen LogP contribution in [0.4, 0.5) is 0 Å². The van der Waals surface area contributed by atoms with Gasteiger partial charge in [0.1, 0.15) is 6.54 Å². The zero-order chi connectivity index (χ0) is 17.3. The van der Waals surface area contributed by atoms with Crippen molar-refractivity contribution < 1.29 is 4.79 Å². The molecule has 1 amide bonds. The van der Waals surface area contributed by atoms with E-state index in [-0.39, 0.29) is 18.1 Å². The lowest BCUT2D eigenvalue weighted by molar-refractivity contribution is -0.132. The lowest BCUT2D eigenvalue weighted by Crippen LogP contribution is -2.45. The smallest absolute Gasteiger partial charge is 0.339 e. The first-order chi connectivity index (χ1) is 11.5. The SMILES string of the molecule is CCCN1C[C@@H]2CC[C@H]1CN(C(=O)Cn1c(C)cc(C)nc1=O)C2. The van der Waals surface area contributed by atoms with Crippen LogP contribution in [0.5, 0.6) is 0 Å². The summed E-state index contributed by atoms with van der Waals surface area (Å²) in [6.07, 6.45) is 3.54. The van der Waals surface area contributed by atoms with E-state index < -0.39 is 0 Å². The molecular weight excluding hydrogens is 304 g/mol. The molecule has 132 valence electrons. The number of fused-ring (bicyclic) bond motifs is 4. The summed E-state index contributed by atoms with van der Waals surface area (Å²) in [4.78, 5) is 33.4. The van der Waals surface area contributed by atoms with Crippen LogP contribution in [0.2, 0.25) is 0 Å². The molecule has 0 aliphatic carbocycles. The van der Waals surface area contributed by atoms with Crippen LogP contribution in [-0.2, 0) is 11.3 Å². The van der Waals surface area contributed by atoms with Crippen LogP contribution >= 0.6 is 0 Å². The highest BCUT2D eigenvalue weighted by molar-refractivity contribution is 5.76. The van der Waals surface area contributed by atoms with E-state index in [1.165, 1.54) is 17.4 Å². The quantitative estimate of drug-likeness (QED) is 0.831. The molecule has 4 heterocycles. The zero-order valence-corrected chi connectivity index (χ0v) is 15.0. The highest BCUT2D eigenvalue weighted by Gasteiger charge is 2.35. The Hall–Kier alpha value is -1.69. The van der Waals surface area contributed by atoms with Crippen LogP contribution in [0, 0.1) is 19.8 Å². The Kier molecular flexibility index (Phi) is 5.04. The Labute approximate surface area is 143 Å². The minimum absolute atomic E-state index is 0.0427. The first-order valence-electron chi connectivity index (χ1n) is 9.04. The summed E-state index contributed by atoms with van der Waals surface area (Å²) in [6.45, 7) is 9.81. The average Bonchev–Trinajstić information content (AvgIpc) is 2.83. The van der Waals surface area contributed by atoms with Crippen LogP contribution in [0.25, 0.3) is 0 Å². The molecule has 0 unspecified atom stereocenters. The molecule has 1 aromatic heterocycles. The van der Waals surface area contributed by atoms with E-state index in [0.29, 0.717) is 17.7 Å². The maximum Gasteiger partial charge on any atom is 0.348 e. The maximum absolute atomic E-state index is 12.8. The predicted octanol–water partition coefficient (Wildman–Crippen LogP) is 1.19. The van der Waals surface area contributed by atoms with Crippen LogP contribution in [0.1, 0.15) is 37.6 Å². The van der Waals surface area contributed by atoms with E-state index in [0.717, 1.165) is 38.3 Å². The highest BCUT2D eigenvalue weighted by atomic mass is 16.2. The molecule has 3 aliphatic rings. The number of amides is 1. The number of nitrogens with zero attached hydrogens (tertiary/aromatic N) is 4. The van der Waals surface area contributed by atoms with Gasteiger partial charge in [-0.2, -0.15) is 4.98 Å². The number of aromatic nitrogens is 2. The van der Waals surface area contributed by atoms with Crippen molar-refractivity contribution in [3.05, 3.63) is 27.9 Å². The number of piperidine rings is 1. The molecule has 0 spiro atoms. The van der Waals surface area contributed by atoms with Gasteiger partial charge in [0.05, 0.1) is 0 Å².